The number of ether oxygens (including phenoxy) is 2. The van der Waals surface area contributed by atoms with Gasteiger partial charge in [-0.1, -0.05) is 0 Å². The number of hydrogen-bond acceptors (Lipinski definition) is 4. The Morgan fingerprint density at radius 1 is 1.17 bits per heavy atom. The van der Waals surface area contributed by atoms with Gasteiger partial charge in [-0.2, -0.15) is 0 Å². The molecule has 2 rings (SSSR count). The molecule has 2 aromatic rings. The number of aryl methyl sites for hydroxylation is 1. The molecule has 0 saturated carbocycles. The third-order valence-corrected chi connectivity index (χ3v) is 2.75. The Kier molecular flexibility index (Phi) is 3.72. The number of H-pyrrole nitrogens is 1. The minimum Gasteiger partial charge on any atom is -0.497 e. The zero-order valence-electron chi connectivity index (χ0n) is 10.8. The second kappa shape index (κ2) is 5.44. The lowest BCUT2D eigenvalue weighted by atomic mass is 10.2. The van der Waals surface area contributed by atoms with Crippen LogP contribution in [-0.4, -0.2) is 24.2 Å². The van der Waals surface area contributed by atoms with Crippen LogP contribution >= 0.6 is 0 Å². The van der Waals surface area contributed by atoms with E-state index in [1.54, 1.807) is 20.5 Å². The summed E-state index contributed by atoms with van der Waals surface area (Å²) in [5.74, 6) is 1.52. The van der Waals surface area contributed by atoms with Gasteiger partial charge in [-0.05, 0) is 6.92 Å². The Bertz CT molecular complexity index is 500. The van der Waals surface area contributed by atoms with E-state index in [1.165, 1.54) is 0 Å². The standard InChI is InChI=1S/C13H17N3O2/c1-9-13(16-8-15-9)7-14-10-4-11(17-2)6-12(5-10)18-3/h4-6,8,14H,7H2,1-3H3,(H,15,16). The first-order valence-electron chi connectivity index (χ1n) is 5.68. The van der Waals surface area contributed by atoms with E-state index < -0.39 is 0 Å². The average molecular weight is 247 g/mol. The molecular weight excluding hydrogens is 230 g/mol. The van der Waals surface area contributed by atoms with E-state index in [2.05, 4.69) is 15.3 Å². The molecule has 18 heavy (non-hydrogen) atoms. The lowest BCUT2D eigenvalue weighted by Gasteiger charge is -2.10. The summed E-state index contributed by atoms with van der Waals surface area (Å²) in [5, 5.41) is 3.29. The van der Waals surface area contributed by atoms with E-state index in [4.69, 9.17) is 9.47 Å². The Hall–Kier alpha value is -2.17. The number of anilines is 1. The number of imidazole rings is 1. The van der Waals surface area contributed by atoms with Gasteiger partial charge in [0, 0.05) is 29.6 Å². The maximum Gasteiger partial charge on any atom is 0.124 e. The van der Waals surface area contributed by atoms with E-state index in [-0.39, 0.29) is 0 Å². The van der Waals surface area contributed by atoms with Gasteiger partial charge in [-0.3, -0.25) is 0 Å². The largest absolute Gasteiger partial charge is 0.497 e. The molecule has 0 atom stereocenters. The normalized spacial score (nSPS) is 10.2. The van der Waals surface area contributed by atoms with Crippen LogP contribution in [0.4, 0.5) is 5.69 Å². The number of nitrogens with one attached hydrogen (secondary N) is 2. The average Bonchev–Trinajstić information content (AvgIpc) is 2.81. The van der Waals surface area contributed by atoms with Gasteiger partial charge in [0.05, 0.1) is 32.8 Å². The van der Waals surface area contributed by atoms with Crippen molar-refractivity contribution in [1.82, 2.24) is 9.97 Å². The molecule has 1 heterocycles. The van der Waals surface area contributed by atoms with Crippen LogP contribution < -0.4 is 14.8 Å². The van der Waals surface area contributed by atoms with Crippen molar-refractivity contribution in [2.24, 2.45) is 0 Å². The van der Waals surface area contributed by atoms with Gasteiger partial charge >= 0.3 is 0 Å². The molecule has 0 saturated heterocycles. The number of hydrogen-bond donors (Lipinski definition) is 2. The third kappa shape index (κ3) is 2.74. The van der Waals surface area contributed by atoms with Crippen molar-refractivity contribution in [3.8, 4) is 11.5 Å². The Morgan fingerprint density at radius 3 is 2.33 bits per heavy atom. The van der Waals surface area contributed by atoms with E-state index in [1.807, 2.05) is 25.1 Å². The lowest BCUT2D eigenvalue weighted by molar-refractivity contribution is 0.394. The van der Waals surface area contributed by atoms with Gasteiger partial charge in [0.1, 0.15) is 11.5 Å². The number of aromatic amines is 1. The van der Waals surface area contributed by atoms with Gasteiger partial charge in [0.2, 0.25) is 0 Å². The maximum absolute atomic E-state index is 5.22. The summed E-state index contributed by atoms with van der Waals surface area (Å²) in [7, 11) is 3.27. The number of rotatable bonds is 5. The van der Waals surface area contributed by atoms with E-state index in [0.717, 1.165) is 28.6 Å². The van der Waals surface area contributed by atoms with Gasteiger partial charge < -0.3 is 19.8 Å². The molecule has 0 fully saturated rings. The molecule has 0 aliphatic carbocycles. The van der Waals surface area contributed by atoms with Crippen LogP contribution in [0.3, 0.4) is 0 Å². The third-order valence-electron chi connectivity index (χ3n) is 2.75. The molecule has 0 aliphatic rings. The molecule has 0 amide bonds. The first-order valence-corrected chi connectivity index (χ1v) is 5.68. The number of benzene rings is 1. The Morgan fingerprint density at radius 2 is 1.83 bits per heavy atom. The van der Waals surface area contributed by atoms with Crippen molar-refractivity contribution in [3.63, 3.8) is 0 Å². The predicted molar refractivity (Wildman–Crippen MR) is 70.2 cm³/mol. The van der Waals surface area contributed by atoms with Crippen LogP contribution in [0, 0.1) is 6.92 Å². The molecule has 0 radical (unpaired) electrons. The van der Waals surface area contributed by atoms with Crippen molar-refractivity contribution in [3.05, 3.63) is 35.9 Å². The first kappa shape index (κ1) is 12.3. The number of aromatic nitrogens is 2. The highest BCUT2D eigenvalue weighted by Crippen LogP contribution is 2.26. The minimum atomic E-state index is 0.658. The van der Waals surface area contributed by atoms with Crippen LogP contribution in [-0.2, 0) is 6.54 Å². The first-order chi connectivity index (χ1) is 8.72. The minimum absolute atomic E-state index is 0.658. The van der Waals surface area contributed by atoms with Gasteiger partial charge in [-0.25, -0.2) is 4.98 Å². The summed E-state index contributed by atoms with van der Waals surface area (Å²) in [6, 6.07) is 5.68. The van der Waals surface area contributed by atoms with Crippen molar-refractivity contribution in [2.45, 2.75) is 13.5 Å². The van der Waals surface area contributed by atoms with E-state index >= 15 is 0 Å². The molecule has 0 bridgehead atoms. The monoisotopic (exact) mass is 247 g/mol. The summed E-state index contributed by atoms with van der Waals surface area (Å²) in [5.41, 5.74) is 3.00. The fourth-order valence-corrected chi connectivity index (χ4v) is 1.66. The second-order valence-electron chi connectivity index (χ2n) is 3.93. The SMILES string of the molecule is COc1cc(NCc2nc[nH]c2C)cc(OC)c1. The summed E-state index contributed by atoms with van der Waals surface area (Å²) in [6.45, 7) is 2.65. The van der Waals surface area contributed by atoms with E-state index in [0.29, 0.717) is 6.54 Å². The van der Waals surface area contributed by atoms with Crippen molar-refractivity contribution < 1.29 is 9.47 Å². The fraction of sp³-hybridized carbons (Fsp3) is 0.308. The zero-order valence-corrected chi connectivity index (χ0v) is 10.8. The van der Waals surface area contributed by atoms with Crippen LogP contribution in [0.15, 0.2) is 24.5 Å². The van der Waals surface area contributed by atoms with Crippen LogP contribution in [0.2, 0.25) is 0 Å². The highest BCUT2D eigenvalue weighted by atomic mass is 16.5. The van der Waals surface area contributed by atoms with Gasteiger partial charge in [-0.15, -0.1) is 0 Å². The van der Waals surface area contributed by atoms with Crippen LogP contribution in [0.1, 0.15) is 11.4 Å². The molecule has 0 aliphatic heterocycles. The maximum atomic E-state index is 5.22. The number of nitrogens with zero attached hydrogens (tertiary/aromatic N) is 1. The van der Waals surface area contributed by atoms with Crippen molar-refractivity contribution in [1.29, 1.82) is 0 Å². The van der Waals surface area contributed by atoms with Gasteiger partial charge in [0.25, 0.3) is 0 Å². The summed E-state index contributed by atoms with van der Waals surface area (Å²) in [4.78, 5) is 7.28. The van der Waals surface area contributed by atoms with Crippen molar-refractivity contribution in [2.75, 3.05) is 19.5 Å². The quantitative estimate of drug-likeness (QED) is 0.851. The summed E-state index contributed by atoms with van der Waals surface area (Å²) >= 11 is 0. The smallest absolute Gasteiger partial charge is 0.124 e. The highest BCUT2D eigenvalue weighted by Gasteiger charge is 2.04. The molecule has 96 valence electrons. The summed E-state index contributed by atoms with van der Waals surface area (Å²) < 4.78 is 10.4. The topological polar surface area (TPSA) is 59.2 Å². The molecule has 1 aromatic heterocycles. The Labute approximate surface area is 106 Å². The van der Waals surface area contributed by atoms with Crippen LogP contribution in [0.25, 0.3) is 0 Å². The second-order valence-corrected chi connectivity index (χ2v) is 3.93. The van der Waals surface area contributed by atoms with E-state index in [9.17, 15) is 0 Å². The number of methoxy groups -OCH3 is 2. The lowest BCUT2D eigenvalue weighted by Crippen LogP contribution is -2.02. The molecule has 0 unspecified atom stereocenters. The molecule has 5 nitrogen and oxygen atoms in total. The highest BCUT2D eigenvalue weighted by molar-refractivity contribution is 5.53. The molecule has 1 aromatic carbocycles. The molecule has 5 heteroatoms. The summed E-state index contributed by atoms with van der Waals surface area (Å²) in [6.07, 6.45) is 1.69. The van der Waals surface area contributed by atoms with Crippen LogP contribution in [0.5, 0.6) is 11.5 Å². The zero-order chi connectivity index (χ0) is 13.0. The predicted octanol–water partition coefficient (Wildman–Crippen LogP) is 2.35. The fourth-order valence-electron chi connectivity index (χ4n) is 1.66. The Balaban J connectivity index is 2.11. The van der Waals surface area contributed by atoms with Crippen molar-refractivity contribution >= 4 is 5.69 Å². The van der Waals surface area contributed by atoms with Gasteiger partial charge in [0.15, 0.2) is 0 Å². The molecule has 0 spiro atoms. The molecule has 2 N–H and O–H groups in total. The molecular formula is C13H17N3O2.